The number of nitrogens with one attached hydrogen (secondary N) is 1. The standard InChI is InChI=1S/C15H19NO3S/c1-2-20(18,19)14-6-4-3-5-13(14)16-15(17)12-8-10-7-11(10)9-12/h3-6,10-12H,2,7-9H2,1H3,(H,16,17). The summed E-state index contributed by atoms with van der Waals surface area (Å²) in [6.45, 7) is 1.61. The summed E-state index contributed by atoms with van der Waals surface area (Å²) in [6.07, 6.45) is 3.18. The normalized spacial score (nSPS) is 27.9. The van der Waals surface area contributed by atoms with Crippen LogP contribution in [-0.2, 0) is 14.6 Å². The Bertz CT molecular complexity index is 628. The van der Waals surface area contributed by atoms with Crippen molar-refractivity contribution >= 4 is 21.4 Å². The molecule has 4 nitrogen and oxygen atoms in total. The van der Waals surface area contributed by atoms with Crippen LogP contribution in [0.3, 0.4) is 0 Å². The number of fused-ring (bicyclic) bond motifs is 1. The van der Waals surface area contributed by atoms with Gasteiger partial charge in [0.05, 0.1) is 16.3 Å². The molecule has 2 unspecified atom stereocenters. The molecule has 2 aliphatic rings. The van der Waals surface area contributed by atoms with Gasteiger partial charge in [0, 0.05) is 5.92 Å². The molecule has 108 valence electrons. The van der Waals surface area contributed by atoms with E-state index in [1.54, 1.807) is 31.2 Å². The van der Waals surface area contributed by atoms with Gasteiger partial charge in [0.25, 0.3) is 0 Å². The maximum Gasteiger partial charge on any atom is 0.227 e. The molecule has 1 amide bonds. The number of anilines is 1. The average molecular weight is 293 g/mol. The minimum Gasteiger partial charge on any atom is -0.325 e. The Balaban J connectivity index is 1.79. The highest BCUT2D eigenvalue weighted by atomic mass is 32.2. The molecule has 0 saturated heterocycles. The van der Waals surface area contributed by atoms with Crippen LogP contribution < -0.4 is 5.32 Å². The molecule has 3 rings (SSSR count). The van der Waals surface area contributed by atoms with Crippen molar-refractivity contribution in [3.8, 4) is 0 Å². The van der Waals surface area contributed by atoms with E-state index in [0.717, 1.165) is 24.7 Å². The van der Waals surface area contributed by atoms with E-state index in [4.69, 9.17) is 0 Å². The van der Waals surface area contributed by atoms with Crippen LogP contribution in [0.25, 0.3) is 0 Å². The number of amides is 1. The third kappa shape index (κ3) is 2.46. The predicted molar refractivity (Wildman–Crippen MR) is 77.1 cm³/mol. The molecule has 0 spiro atoms. The van der Waals surface area contributed by atoms with Crippen LogP contribution in [0.2, 0.25) is 0 Å². The van der Waals surface area contributed by atoms with Crippen LogP contribution in [0.4, 0.5) is 5.69 Å². The molecule has 2 aliphatic carbocycles. The molecule has 20 heavy (non-hydrogen) atoms. The number of para-hydroxylation sites is 1. The van der Waals surface area contributed by atoms with Crippen molar-refractivity contribution in [1.82, 2.24) is 0 Å². The second-order valence-electron chi connectivity index (χ2n) is 5.81. The molecule has 2 atom stereocenters. The fraction of sp³-hybridized carbons (Fsp3) is 0.533. The molecule has 0 bridgehead atoms. The summed E-state index contributed by atoms with van der Waals surface area (Å²) in [5.41, 5.74) is 0.417. The molecule has 1 aromatic rings. The number of hydrogen-bond acceptors (Lipinski definition) is 3. The number of benzene rings is 1. The lowest BCUT2D eigenvalue weighted by Gasteiger charge is -2.15. The first-order valence-corrected chi connectivity index (χ1v) is 8.79. The van der Waals surface area contributed by atoms with Crippen molar-refractivity contribution < 1.29 is 13.2 Å². The lowest BCUT2D eigenvalue weighted by molar-refractivity contribution is -0.120. The van der Waals surface area contributed by atoms with E-state index in [1.807, 2.05) is 0 Å². The second-order valence-corrected chi connectivity index (χ2v) is 8.06. The third-order valence-electron chi connectivity index (χ3n) is 4.47. The summed E-state index contributed by atoms with van der Waals surface area (Å²) >= 11 is 0. The van der Waals surface area contributed by atoms with Crippen molar-refractivity contribution in [2.24, 2.45) is 17.8 Å². The van der Waals surface area contributed by atoms with E-state index in [0.29, 0.717) is 5.69 Å². The summed E-state index contributed by atoms with van der Waals surface area (Å²) in [6, 6.07) is 6.65. The Hall–Kier alpha value is -1.36. The SMILES string of the molecule is CCS(=O)(=O)c1ccccc1NC(=O)C1CC2CC2C1. The highest BCUT2D eigenvalue weighted by molar-refractivity contribution is 7.91. The van der Waals surface area contributed by atoms with Crippen molar-refractivity contribution in [2.45, 2.75) is 31.1 Å². The Morgan fingerprint density at radius 1 is 1.20 bits per heavy atom. The zero-order valence-corrected chi connectivity index (χ0v) is 12.3. The van der Waals surface area contributed by atoms with E-state index in [9.17, 15) is 13.2 Å². The van der Waals surface area contributed by atoms with Crippen molar-refractivity contribution in [3.63, 3.8) is 0 Å². The fourth-order valence-electron chi connectivity index (χ4n) is 3.16. The lowest BCUT2D eigenvalue weighted by Crippen LogP contribution is -2.23. The van der Waals surface area contributed by atoms with Gasteiger partial charge in [-0.05, 0) is 43.2 Å². The van der Waals surface area contributed by atoms with Gasteiger partial charge in [0.15, 0.2) is 9.84 Å². The number of carbonyl (C=O) groups excluding carboxylic acids is 1. The summed E-state index contributed by atoms with van der Waals surface area (Å²) < 4.78 is 24.1. The number of hydrogen-bond donors (Lipinski definition) is 1. The Kier molecular flexibility index (Phi) is 3.32. The first kappa shape index (κ1) is 13.6. The predicted octanol–water partition coefficient (Wildman–Crippen LogP) is 2.46. The van der Waals surface area contributed by atoms with Gasteiger partial charge in [0.1, 0.15) is 0 Å². The summed E-state index contributed by atoms with van der Waals surface area (Å²) in [4.78, 5) is 12.5. The number of carbonyl (C=O) groups is 1. The maximum absolute atomic E-state index is 12.2. The molecule has 0 radical (unpaired) electrons. The molecule has 2 saturated carbocycles. The average Bonchev–Trinajstić information content (AvgIpc) is 3.05. The van der Waals surface area contributed by atoms with Crippen LogP contribution in [0.1, 0.15) is 26.2 Å². The fourth-order valence-corrected chi connectivity index (χ4v) is 4.21. The Morgan fingerprint density at radius 3 is 2.50 bits per heavy atom. The maximum atomic E-state index is 12.2. The van der Waals surface area contributed by atoms with Gasteiger partial charge in [-0.25, -0.2) is 8.42 Å². The van der Waals surface area contributed by atoms with Crippen molar-refractivity contribution in [2.75, 3.05) is 11.1 Å². The molecule has 0 heterocycles. The number of rotatable bonds is 4. The van der Waals surface area contributed by atoms with Crippen molar-refractivity contribution in [3.05, 3.63) is 24.3 Å². The molecule has 0 aliphatic heterocycles. The van der Waals surface area contributed by atoms with E-state index in [2.05, 4.69) is 5.32 Å². The van der Waals surface area contributed by atoms with E-state index >= 15 is 0 Å². The minimum absolute atomic E-state index is 0.0315. The van der Waals surface area contributed by atoms with E-state index in [-0.39, 0.29) is 22.5 Å². The summed E-state index contributed by atoms with van der Waals surface area (Å²) in [7, 11) is -3.31. The zero-order valence-electron chi connectivity index (χ0n) is 11.5. The first-order chi connectivity index (χ1) is 9.51. The minimum atomic E-state index is -3.31. The van der Waals surface area contributed by atoms with Gasteiger partial charge in [-0.1, -0.05) is 19.1 Å². The molecule has 1 N–H and O–H groups in total. The van der Waals surface area contributed by atoms with Gasteiger partial charge in [0.2, 0.25) is 5.91 Å². The van der Waals surface area contributed by atoms with Gasteiger partial charge >= 0.3 is 0 Å². The molecule has 5 heteroatoms. The van der Waals surface area contributed by atoms with Gasteiger partial charge in [-0.15, -0.1) is 0 Å². The summed E-state index contributed by atoms with van der Waals surface area (Å²) in [5, 5.41) is 2.82. The van der Waals surface area contributed by atoms with Crippen LogP contribution in [0.5, 0.6) is 0 Å². The highest BCUT2D eigenvalue weighted by Crippen LogP contribution is 2.54. The van der Waals surface area contributed by atoms with Gasteiger partial charge < -0.3 is 5.32 Å². The van der Waals surface area contributed by atoms with Gasteiger partial charge in [-0.3, -0.25) is 4.79 Å². The van der Waals surface area contributed by atoms with Gasteiger partial charge in [-0.2, -0.15) is 0 Å². The second kappa shape index (κ2) is 4.88. The van der Waals surface area contributed by atoms with Crippen LogP contribution in [0.15, 0.2) is 29.2 Å². The molecule has 1 aromatic carbocycles. The molecular formula is C15H19NO3S. The summed E-state index contributed by atoms with van der Waals surface area (Å²) in [5.74, 6) is 1.53. The molecular weight excluding hydrogens is 274 g/mol. The third-order valence-corrected chi connectivity index (χ3v) is 6.26. The quantitative estimate of drug-likeness (QED) is 0.927. The zero-order chi connectivity index (χ0) is 14.3. The van der Waals surface area contributed by atoms with Crippen LogP contribution >= 0.6 is 0 Å². The monoisotopic (exact) mass is 293 g/mol. The van der Waals surface area contributed by atoms with Crippen molar-refractivity contribution in [1.29, 1.82) is 0 Å². The Morgan fingerprint density at radius 2 is 1.85 bits per heavy atom. The smallest absolute Gasteiger partial charge is 0.227 e. The molecule has 2 fully saturated rings. The highest BCUT2D eigenvalue weighted by Gasteiger charge is 2.48. The van der Waals surface area contributed by atoms with E-state index < -0.39 is 9.84 Å². The van der Waals surface area contributed by atoms with Crippen LogP contribution in [-0.4, -0.2) is 20.1 Å². The van der Waals surface area contributed by atoms with E-state index in [1.165, 1.54) is 6.42 Å². The first-order valence-electron chi connectivity index (χ1n) is 7.14. The topological polar surface area (TPSA) is 63.2 Å². The van der Waals surface area contributed by atoms with Crippen LogP contribution in [0, 0.1) is 17.8 Å². The molecule has 0 aromatic heterocycles. The number of sulfone groups is 1. The largest absolute Gasteiger partial charge is 0.325 e. The Labute approximate surface area is 119 Å². The lowest BCUT2D eigenvalue weighted by atomic mass is 10.0.